The van der Waals surface area contributed by atoms with Crippen LogP contribution in [-0.4, -0.2) is 25.8 Å². The molecule has 2 aromatic carbocycles. The lowest BCUT2D eigenvalue weighted by atomic mass is 10.1. The van der Waals surface area contributed by atoms with Gasteiger partial charge in [-0.15, -0.1) is 0 Å². The van der Waals surface area contributed by atoms with Gasteiger partial charge >= 0.3 is 0 Å². The molecule has 0 spiro atoms. The Morgan fingerprint density at radius 2 is 1.96 bits per heavy atom. The van der Waals surface area contributed by atoms with Crippen LogP contribution in [0, 0.1) is 13.8 Å². The summed E-state index contributed by atoms with van der Waals surface area (Å²) in [6.45, 7) is 4.03. The van der Waals surface area contributed by atoms with E-state index < -0.39 is 0 Å². The standard InChI is InChI=1S/C20H17N5OS/c1-13-3-4-14(2)17(9-13)23-20-24-19(26)18(27-20)10-15-5-7-16(8-6-15)25-12-21-11-22-25/h3-12H,1-2H3,(H,23,24,26)/b18-10-. The van der Waals surface area contributed by atoms with Crippen LogP contribution in [-0.2, 0) is 4.79 Å². The molecule has 27 heavy (non-hydrogen) atoms. The van der Waals surface area contributed by atoms with Crippen molar-refractivity contribution >= 4 is 34.6 Å². The second kappa shape index (κ2) is 7.20. The van der Waals surface area contributed by atoms with Gasteiger partial charge in [0.1, 0.15) is 12.7 Å². The summed E-state index contributed by atoms with van der Waals surface area (Å²) in [4.78, 5) is 21.4. The number of carbonyl (C=O) groups excluding carboxylic acids is 1. The third kappa shape index (κ3) is 3.83. The summed E-state index contributed by atoms with van der Waals surface area (Å²) >= 11 is 1.35. The van der Waals surface area contributed by atoms with E-state index in [1.807, 2.05) is 62.4 Å². The maximum atomic E-state index is 12.3. The first kappa shape index (κ1) is 17.2. The Balaban J connectivity index is 1.55. The molecule has 1 saturated heterocycles. The van der Waals surface area contributed by atoms with Crippen LogP contribution in [0.15, 0.2) is 65.0 Å². The number of aryl methyl sites for hydroxylation is 2. The number of carbonyl (C=O) groups is 1. The van der Waals surface area contributed by atoms with Crippen LogP contribution in [0.3, 0.4) is 0 Å². The number of benzene rings is 2. The molecule has 1 N–H and O–H groups in total. The molecule has 1 fully saturated rings. The number of amidine groups is 1. The highest BCUT2D eigenvalue weighted by Gasteiger charge is 2.24. The molecule has 1 aliphatic heterocycles. The summed E-state index contributed by atoms with van der Waals surface area (Å²) in [6, 6.07) is 13.8. The van der Waals surface area contributed by atoms with E-state index >= 15 is 0 Å². The van der Waals surface area contributed by atoms with Crippen molar-refractivity contribution in [1.82, 2.24) is 20.1 Å². The zero-order valence-electron chi connectivity index (χ0n) is 14.9. The molecule has 2 heterocycles. The van der Waals surface area contributed by atoms with Crippen LogP contribution in [0.2, 0.25) is 0 Å². The predicted molar refractivity (Wildman–Crippen MR) is 108 cm³/mol. The molecule has 0 bridgehead atoms. The Labute approximate surface area is 161 Å². The number of amides is 1. The van der Waals surface area contributed by atoms with Crippen molar-refractivity contribution in [1.29, 1.82) is 0 Å². The van der Waals surface area contributed by atoms with E-state index in [1.165, 1.54) is 18.1 Å². The van der Waals surface area contributed by atoms with Gasteiger partial charge in [-0.25, -0.2) is 14.7 Å². The van der Waals surface area contributed by atoms with Crippen LogP contribution in [0.25, 0.3) is 11.8 Å². The number of hydrogen-bond donors (Lipinski definition) is 1. The van der Waals surface area contributed by atoms with Crippen molar-refractivity contribution < 1.29 is 4.79 Å². The van der Waals surface area contributed by atoms with E-state index in [-0.39, 0.29) is 5.91 Å². The SMILES string of the molecule is Cc1ccc(C)c(N=C2NC(=O)/C(=C/c3ccc(-n4cncn4)cc3)S2)c1. The third-order valence-electron chi connectivity index (χ3n) is 4.11. The molecule has 0 unspecified atom stereocenters. The molecule has 3 aromatic rings. The first-order valence-corrected chi connectivity index (χ1v) is 9.22. The van der Waals surface area contributed by atoms with Gasteiger partial charge in [0.15, 0.2) is 5.17 Å². The minimum atomic E-state index is -0.135. The third-order valence-corrected chi connectivity index (χ3v) is 5.02. The summed E-state index contributed by atoms with van der Waals surface area (Å²) in [5, 5.41) is 7.53. The van der Waals surface area contributed by atoms with Crippen LogP contribution in [0.5, 0.6) is 0 Å². The zero-order valence-corrected chi connectivity index (χ0v) is 15.7. The zero-order chi connectivity index (χ0) is 18.8. The average molecular weight is 375 g/mol. The molecule has 4 rings (SSSR count). The summed E-state index contributed by atoms with van der Waals surface area (Å²) in [5.74, 6) is -0.135. The first-order valence-electron chi connectivity index (χ1n) is 8.40. The molecule has 134 valence electrons. The van der Waals surface area contributed by atoms with E-state index in [2.05, 4.69) is 20.4 Å². The van der Waals surface area contributed by atoms with Gasteiger partial charge in [-0.05, 0) is 66.6 Å². The summed E-state index contributed by atoms with van der Waals surface area (Å²) < 4.78 is 1.68. The van der Waals surface area contributed by atoms with Crippen LogP contribution >= 0.6 is 11.8 Å². The molecular formula is C20H17N5OS. The van der Waals surface area contributed by atoms with Gasteiger partial charge in [-0.2, -0.15) is 5.10 Å². The van der Waals surface area contributed by atoms with Gasteiger partial charge in [0.25, 0.3) is 5.91 Å². The van der Waals surface area contributed by atoms with Crippen LogP contribution < -0.4 is 5.32 Å². The topological polar surface area (TPSA) is 72.2 Å². The molecule has 0 aliphatic carbocycles. The van der Waals surface area contributed by atoms with E-state index in [4.69, 9.17) is 0 Å². The maximum Gasteiger partial charge on any atom is 0.264 e. The smallest absolute Gasteiger partial charge is 0.264 e. The molecule has 1 amide bonds. The number of nitrogens with zero attached hydrogens (tertiary/aromatic N) is 4. The Morgan fingerprint density at radius 3 is 2.70 bits per heavy atom. The lowest BCUT2D eigenvalue weighted by molar-refractivity contribution is -0.115. The van der Waals surface area contributed by atoms with E-state index in [0.29, 0.717) is 10.1 Å². The minimum Gasteiger partial charge on any atom is -0.300 e. The summed E-state index contributed by atoms with van der Waals surface area (Å²) in [7, 11) is 0. The predicted octanol–water partition coefficient (Wildman–Crippen LogP) is 3.78. The Hall–Kier alpha value is -3.19. The van der Waals surface area contributed by atoms with Crippen molar-refractivity contribution in [2.24, 2.45) is 4.99 Å². The van der Waals surface area contributed by atoms with E-state index in [9.17, 15) is 4.79 Å². The lowest BCUT2D eigenvalue weighted by Gasteiger charge is -2.02. The normalized spacial score (nSPS) is 16.9. The number of nitrogens with one attached hydrogen (secondary N) is 1. The molecule has 0 radical (unpaired) electrons. The number of rotatable bonds is 3. The quantitative estimate of drug-likeness (QED) is 0.707. The Morgan fingerprint density at radius 1 is 1.15 bits per heavy atom. The molecule has 0 atom stereocenters. The van der Waals surface area contributed by atoms with Crippen molar-refractivity contribution in [2.45, 2.75) is 13.8 Å². The number of aromatic nitrogens is 3. The highest BCUT2D eigenvalue weighted by atomic mass is 32.2. The maximum absolute atomic E-state index is 12.3. The molecule has 0 saturated carbocycles. The van der Waals surface area contributed by atoms with Crippen molar-refractivity contribution in [3.8, 4) is 5.69 Å². The Kier molecular flexibility index (Phi) is 4.60. The van der Waals surface area contributed by atoms with Gasteiger partial charge in [0, 0.05) is 0 Å². The fourth-order valence-electron chi connectivity index (χ4n) is 2.65. The average Bonchev–Trinajstić information content (AvgIpc) is 3.30. The highest BCUT2D eigenvalue weighted by molar-refractivity contribution is 8.18. The molecular weight excluding hydrogens is 358 g/mol. The Bertz CT molecular complexity index is 1050. The van der Waals surface area contributed by atoms with E-state index in [0.717, 1.165) is 28.1 Å². The van der Waals surface area contributed by atoms with Crippen molar-refractivity contribution in [2.75, 3.05) is 0 Å². The van der Waals surface area contributed by atoms with Gasteiger partial charge in [-0.1, -0.05) is 24.3 Å². The van der Waals surface area contributed by atoms with Crippen molar-refractivity contribution in [3.05, 3.63) is 76.7 Å². The van der Waals surface area contributed by atoms with Crippen LogP contribution in [0.4, 0.5) is 5.69 Å². The van der Waals surface area contributed by atoms with Gasteiger partial charge in [0.05, 0.1) is 16.3 Å². The van der Waals surface area contributed by atoms with Crippen LogP contribution in [0.1, 0.15) is 16.7 Å². The van der Waals surface area contributed by atoms with Gasteiger partial charge in [-0.3, -0.25) is 4.79 Å². The molecule has 6 nitrogen and oxygen atoms in total. The number of hydrogen-bond acceptors (Lipinski definition) is 5. The minimum absolute atomic E-state index is 0.135. The fourth-order valence-corrected chi connectivity index (χ4v) is 3.48. The second-order valence-corrected chi connectivity index (χ2v) is 7.23. The fraction of sp³-hybridized carbons (Fsp3) is 0.100. The van der Waals surface area contributed by atoms with Crippen molar-refractivity contribution in [3.63, 3.8) is 0 Å². The molecule has 7 heteroatoms. The molecule has 1 aromatic heterocycles. The second-order valence-electron chi connectivity index (χ2n) is 6.20. The van der Waals surface area contributed by atoms with E-state index in [1.54, 1.807) is 11.0 Å². The highest BCUT2D eigenvalue weighted by Crippen LogP contribution is 2.29. The lowest BCUT2D eigenvalue weighted by Crippen LogP contribution is -2.19. The summed E-state index contributed by atoms with van der Waals surface area (Å²) in [6.07, 6.45) is 4.99. The van der Waals surface area contributed by atoms with Gasteiger partial charge < -0.3 is 5.32 Å². The first-order chi connectivity index (χ1) is 13.1. The van der Waals surface area contributed by atoms with Gasteiger partial charge in [0.2, 0.25) is 0 Å². The number of thioether (sulfide) groups is 1. The largest absolute Gasteiger partial charge is 0.300 e. The number of aliphatic imine (C=N–C) groups is 1. The monoisotopic (exact) mass is 375 g/mol. The molecule has 1 aliphatic rings. The summed E-state index contributed by atoms with van der Waals surface area (Å²) in [5.41, 5.74) is 4.93.